The van der Waals surface area contributed by atoms with Crippen LogP contribution in [0.1, 0.15) is 27.2 Å². The zero-order valence-corrected chi connectivity index (χ0v) is 17.8. The van der Waals surface area contributed by atoms with Crippen LogP contribution in [0.25, 0.3) is 11.0 Å². The molecule has 0 aliphatic rings. The van der Waals surface area contributed by atoms with Gasteiger partial charge in [0.2, 0.25) is 0 Å². The molecule has 0 spiro atoms. The standard InChI is InChI=1S/C24H19BrN2O3/c1-16-5-4-6-17(11-16)15-29-21-10-9-20(25)12-19(21)14-26-27-24(28)23-13-18-7-2-3-8-22(18)30-23/h2-14H,15H2,1H3,(H,27,28)/b26-14+. The van der Waals surface area contributed by atoms with Crippen molar-refractivity contribution in [3.63, 3.8) is 0 Å². The van der Waals surface area contributed by atoms with Crippen molar-refractivity contribution in [2.75, 3.05) is 0 Å². The van der Waals surface area contributed by atoms with Gasteiger partial charge in [0, 0.05) is 15.4 Å². The second kappa shape index (κ2) is 8.97. The topological polar surface area (TPSA) is 63.8 Å². The van der Waals surface area contributed by atoms with Gasteiger partial charge in [-0.1, -0.05) is 64.0 Å². The lowest BCUT2D eigenvalue weighted by Crippen LogP contribution is -2.16. The van der Waals surface area contributed by atoms with Crippen LogP contribution in [-0.4, -0.2) is 12.1 Å². The molecule has 6 heteroatoms. The average molecular weight is 463 g/mol. The Kier molecular flexibility index (Phi) is 5.95. The zero-order chi connectivity index (χ0) is 20.9. The number of carbonyl (C=O) groups is 1. The molecule has 5 nitrogen and oxygen atoms in total. The molecule has 3 aromatic carbocycles. The Morgan fingerprint density at radius 3 is 2.80 bits per heavy atom. The maximum Gasteiger partial charge on any atom is 0.307 e. The minimum Gasteiger partial charge on any atom is -0.488 e. The number of benzene rings is 3. The highest BCUT2D eigenvalue weighted by Gasteiger charge is 2.11. The van der Waals surface area contributed by atoms with Crippen molar-refractivity contribution in [3.8, 4) is 5.75 Å². The fraction of sp³-hybridized carbons (Fsp3) is 0.0833. The maximum absolute atomic E-state index is 12.3. The smallest absolute Gasteiger partial charge is 0.307 e. The lowest BCUT2D eigenvalue weighted by molar-refractivity contribution is 0.0929. The number of ether oxygens (including phenoxy) is 1. The molecule has 0 atom stereocenters. The summed E-state index contributed by atoms with van der Waals surface area (Å²) in [6, 6.07) is 22.9. The Morgan fingerprint density at radius 2 is 1.97 bits per heavy atom. The van der Waals surface area contributed by atoms with E-state index in [0.717, 1.165) is 21.0 Å². The van der Waals surface area contributed by atoms with Gasteiger partial charge in [0.1, 0.15) is 17.9 Å². The summed E-state index contributed by atoms with van der Waals surface area (Å²) in [6.45, 7) is 2.49. The number of rotatable bonds is 6. The van der Waals surface area contributed by atoms with Crippen molar-refractivity contribution < 1.29 is 13.9 Å². The van der Waals surface area contributed by atoms with E-state index in [-0.39, 0.29) is 5.76 Å². The predicted molar refractivity (Wildman–Crippen MR) is 121 cm³/mol. The van der Waals surface area contributed by atoms with Crippen LogP contribution in [0, 0.1) is 6.92 Å². The largest absolute Gasteiger partial charge is 0.488 e. The number of hydrazone groups is 1. The molecule has 0 saturated carbocycles. The molecule has 1 amide bonds. The third-order valence-corrected chi connectivity index (χ3v) is 4.96. The summed E-state index contributed by atoms with van der Waals surface area (Å²) in [5.74, 6) is 0.458. The molecule has 0 radical (unpaired) electrons. The first-order valence-corrected chi connectivity index (χ1v) is 10.2. The van der Waals surface area contributed by atoms with E-state index in [0.29, 0.717) is 17.9 Å². The molecule has 4 rings (SSSR count). The van der Waals surface area contributed by atoms with Gasteiger partial charge in [-0.25, -0.2) is 5.43 Å². The van der Waals surface area contributed by atoms with Crippen molar-refractivity contribution in [3.05, 3.63) is 99.7 Å². The molecule has 150 valence electrons. The van der Waals surface area contributed by atoms with Crippen LogP contribution in [0.4, 0.5) is 0 Å². The Hall–Kier alpha value is -3.38. The summed E-state index contributed by atoms with van der Waals surface area (Å²) in [5.41, 5.74) is 6.16. The van der Waals surface area contributed by atoms with Crippen molar-refractivity contribution in [1.82, 2.24) is 5.43 Å². The Morgan fingerprint density at radius 1 is 1.10 bits per heavy atom. The van der Waals surface area contributed by atoms with Crippen LogP contribution in [0.3, 0.4) is 0 Å². The SMILES string of the molecule is Cc1cccc(COc2ccc(Br)cc2/C=N/NC(=O)c2cc3ccccc3o2)c1. The van der Waals surface area contributed by atoms with E-state index in [1.165, 1.54) is 5.56 Å². The van der Waals surface area contributed by atoms with Crippen molar-refractivity contribution >= 4 is 39.0 Å². The zero-order valence-electron chi connectivity index (χ0n) is 16.3. The summed E-state index contributed by atoms with van der Waals surface area (Å²) in [5, 5.41) is 4.94. The fourth-order valence-electron chi connectivity index (χ4n) is 3.02. The Labute approximate surface area is 182 Å². The minimum atomic E-state index is -0.417. The highest BCUT2D eigenvalue weighted by Crippen LogP contribution is 2.23. The number of amides is 1. The van der Waals surface area contributed by atoms with Crippen molar-refractivity contribution in [2.45, 2.75) is 13.5 Å². The number of fused-ring (bicyclic) bond motifs is 1. The molecule has 1 heterocycles. The average Bonchev–Trinajstić information content (AvgIpc) is 3.18. The molecule has 4 aromatic rings. The van der Waals surface area contributed by atoms with E-state index in [2.05, 4.69) is 32.5 Å². The first kappa shape index (κ1) is 19.9. The first-order valence-electron chi connectivity index (χ1n) is 9.38. The molecule has 0 aliphatic heterocycles. The number of nitrogens with zero attached hydrogens (tertiary/aromatic N) is 1. The molecule has 30 heavy (non-hydrogen) atoms. The maximum atomic E-state index is 12.3. The first-order chi connectivity index (χ1) is 14.6. The highest BCUT2D eigenvalue weighted by atomic mass is 79.9. The number of aryl methyl sites for hydroxylation is 1. The predicted octanol–water partition coefficient (Wildman–Crippen LogP) is 5.85. The van der Waals surface area contributed by atoms with E-state index in [1.54, 1.807) is 12.3 Å². The molecular weight excluding hydrogens is 444 g/mol. The number of nitrogens with one attached hydrogen (secondary N) is 1. The molecule has 0 aliphatic carbocycles. The summed E-state index contributed by atoms with van der Waals surface area (Å²) in [6.07, 6.45) is 1.55. The van der Waals surface area contributed by atoms with Gasteiger partial charge in [0.15, 0.2) is 5.76 Å². The van der Waals surface area contributed by atoms with Crippen molar-refractivity contribution in [2.24, 2.45) is 5.10 Å². The summed E-state index contributed by atoms with van der Waals surface area (Å²) in [7, 11) is 0. The quantitative estimate of drug-likeness (QED) is 0.288. The van der Waals surface area contributed by atoms with Gasteiger partial charge in [0.05, 0.1) is 6.21 Å². The fourth-order valence-corrected chi connectivity index (χ4v) is 3.40. The van der Waals surface area contributed by atoms with E-state index < -0.39 is 5.91 Å². The molecule has 0 unspecified atom stereocenters. The van der Waals surface area contributed by atoms with E-state index >= 15 is 0 Å². The monoisotopic (exact) mass is 462 g/mol. The van der Waals surface area contributed by atoms with Gasteiger partial charge in [-0.15, -0.1) is 0 Å². The molecular formula is C24H19BrN2O3. The van der Waals surface area contributed by atoms with Gasteiger partial charge in [-0.3, -0.25) is 4.79 Å². The second-order valence-electron chi connectivity index (χ2n) is 6.81. The number of halogens is 1. The van der Waals surface area contributed by atoms with Crippen LogP contribution in [0.15, 0.2) is 86.8 Å². The van der Waals surface area contributed by atoms with Gasteiger partial charge in [0.25, 0.3) is 0 Å². The minimum absolute atomic E-state index is 0.207. The van der Waals surface area contributed by atoms with E-state index in [9.17, 15) is 4.79 Å². The van der Waals surface area contributed by atoms with Crippen LogP contribution in [-0.2, 0) is 6.61 Å². The van der Waals surface area contributed by atoms with E-state index in [1.807, 2.05) is 67.6 Å². The number of carbonyl (C=O) groups excluding carboxylic acids is 1. The molecule has 1 N–H and O–H groups in total. The number of hydrogen-bond donors (Lipinski definition) is 1. The highest BCUT2D eigenvalue weighted by molar-refractivity contribution is 9.10. The lowest BCUT2D eigenvalue weighted by atomic mass is 10.1. The second-order valence-corrected chi connectivity index (χ2v) is 7.72. The Bertz CT molecular complexity index is 1200. The van der Waals surface area contributed by atoms with Gasteiger partial charge < -0.3 is 9.15 Å². The third-order valence-electron chi connectivity index (χ3n) is 4.47. The Balaban J connectivity index is 1.45. The van der Waals surface area contributed by atoms with E-state index in [4.69, 9.17) is 9.15 Å². The van der Waals surface area contributed by atoms with Crippen LogP contribution < -0.4 is 10.2 Å². The van der Waals surface area contributed by atoms with Crippen LogP contribution in [0.5, 0.6) is 5.75 Å². The normalized spacial score (nSPS) is 11.1. The van der Waals surface area contributed by atoms with Gasteiger partial charge in [-0.2, -0.15) is 5.10 Å². The number of hydrogen-bond acceptors (Lipinski definition) is 4. The molecule has 0 fully saturated rings. The number of para-hydroxylation sites is 1. The number of furan rings is 1. The van der Waals surface area contributed by atoms with Crippen molar-refractivity contribution in [1.29, 1.82) is 0 Å². The summed E-state index contributed by atoms with van der Waals surface area (Å²) in [4.78, 5) is 12.3. The van der Waals surface area contributed by atoms with Crippen LogP contribution >= 0.6 is 15.9 Å². The molecule has 0 bridgehead atoms. The lowest BCUT2D eigenvalue weighted by Gasteiger charge is -2.10. The third kappa shape index (κ3) is 4.78. The summed E-state index contributed by atoms with van der Waals surface area (Å²) < 4.78 is 12.4. The van der Waals surface area contributed by atoms with Crippen LogP contribution in [0.2, 0.25) is 0 Å². The molecule has 1 aromatic heterocycles. The van der Waals surface area contributed by atoms with Gasteiger partial charge in [-0.05, 0) is 42.8 Å². The van der Waals surface area contributed by atoms with Gasteiger partial charge >= 0.3 is 5.91 Å². The molecule has 0 saturated heterocycles. The summed E-state index contributed by atoms with van der Waals surface area (Å²) >= 11 is 3.46.